The third kappa shape index (κ3) is 4.86. The van der Waals surface area contributed by atoms with E-state index in [1.165, 1.54) is 44.1 Å². The van der Waals surface area contributed by atoms with Crippen molar-refractivity contribution in [2.24, 2.45) is 4.99 Å². The molecule has 2 aliphatic rings. The Morgan fingerprint density at radius 2 is 1.82 bits per heavy atom. The van der Waals surface area contributed by atoms with E-state index in [4.69, 9.17) is 0 Å². The summed E-state index contributed by atoms with van der Waals surface area (Å²) in [7, 11) is 0. The summed E-state index contributed by atoms with van der Waals surface area (Å²) < 4.78 is 0. The molecule has 4 heteroatoms. The minimum absolute atomic E-state index is 0. The first-order valence-corrected chi connectivity index (χ1v) is 8.49. The Hall–Kier alpha value is -0.780. The third-order valence-corrected chi connectivity index (χ3v) is 4.60. The van der Waals surface area contributed by atoms with Crippen molar-refractivity contribution in [1.29, 1.82) is 0 Å². The van der Waals surface area contributed by atoms with Crippen LogP contribution in [0.3, 0.4) is 0 Å². The predicted octanol–water partition coefficient (Wildman–Crippen LogP) is 4.05. The number of nitrogens with zero attached hydrogens (tertiary/aromatic N) is 1. The molecule has 1 aromatic rings. The van der Waals surface area contributed by atoms with Crippen LogP contribution in [0.4, 0.5) is 0 Å². The van der Waals surface area contributed by atoms with Crippen LogP contribution in [0, 0.1) is 0 Å². The topological polar surface area (TPSA) is 36.4 Å². The molecule has 0 bridgehead atoms. The van der Waals surface area contributed by atoms with E-state index in [0.717, 1.165) is 12.5 Å². The maximum absolute atomic E-state index is 4.62. The van der Waals surface area contributed by atoms with Crippen LogP contribution >= 0.6 is 24.0 Å². The predicted molar refractivity (Wildman–Crippen MR) is 104 cm³/mol. The van der Waals surface area contributed by atoms with E-state index in [0.29, 0.717) is 18.0 Å². The molecule has 0 aromatic heterocycles. The van der Waals surface area contributed by atoms with Crippen molar-refractivity contribution in [2.75, 3.05) is 6.54 Å². The number of aliphatic imine (C=N–C) groups is 1. The highest BCUT2D eigenvalue weighted by atomic mass is 127. The zero-order chi connectivity index (χ0) is 14.5. The van der Waals surface area contributed by atoms with Crippen LogP contribution in [0.5, 0.6) is 0 Å². The average molecular weight is 413 g/mol. The van der Waals surface area contributed by atoms with Gasteiger partial charge in [-0.25, -0.2) is 0 Å². The van der Waals surface area contributed by atoms with Gasteiger partial charge in [-0.15, -0.1) is 24.0 Å². The number of halogens is 1. The highest BCUT2D eigenvalue weighted by Crippen LogP contribution is 2.40. The van der Waals surface area contributed by atoms with Crippen molar-refractivity contribution < 1.29 is 0 Å². The Bertz CT molecular complexity index is 468. The smallest absolute Gasteiger partial charge is 0.191 e. The monoisotopic (exact) mass is 413 g/mol. The summed E-state index contributed by atoms with van der Waals surface area (Å²) in [5.74, 6) is 1.68. The molecule has 2 fully saturated rings. The van der Waals surface area contributed by atoms with Gasteiger partial charge in [0.15, 0.2) is 5.96 Å². The normalized spacial score (nSPS) is 25.2. The molecule has 3 rings (SSSR count). The first-order valence-electron chi connectivity index (χ1n) is 8.49. The van der Waals surface area contributed by atoms with E-state index >= 15 is 0 Å². The first kappa shape index (κ1) is 17.6. The molecule has 2 N–H and O–H groups in total. The molecule has 2 saturated carbocycles. The fourth-order valence-corrected chi connectivity index (χ4v) is 3.33. The lowest BCUT2D eigenvalue weighted by molar-refractivity contribution is 0.409. The molecule has 0 aliphatic heterocycles. The Morgan fingerprint density at radius 3 is 2.50 bits per heavy atom. The van der Waals surface area contributed by atoms with Crippen molar-refractivity contribution in [3.8, 4) is 0 Å². The fraction of sp³-hybridized carbons (Fsp3) is 0.611. The van der Waals surface area contributed by atoms with Crippen LogP contribution in [-0.4, -0.2) is 24.6 Å². The van der Waals surface area contributed by atoms with Crippen LogP contribution < -0.4 is 10.6 Å². The Kier molecular flexibility index (Phi) is 6.99. The molecule has 0 saturated heterocycles. The number of hydrogen-bond donors (Lipinski definition) is 2. The molecule has 22 heavy (non-hydrogen) atoms. The molecular weight excluding hydrogens is 385 g/mol. The third-order valence-electron chi connectivity index (χ3n) is 4.60. The van der Waals surface area contributed by atoms with Gasteiger partial charge in [0.2, 0.25) is 0 Å². The van der Waals surface area contributed by atoms with Crippen molar-refractivity contribution in [1.82, 2.24) is 10.6 Å². The van der Waals surface area contributed by atoms with Gasteiger partial charge in [-0.05, 0) is 31.7 Å². The van der Waals surface area contributed by atoms with Crippen LogP contribution in [0.1, 0.15) is 56.9 Å². The van der Waals surface area contributed by atoms with Gasteiger partial charge in [0.05, 0.1) is 0 Å². The minimum Gasteiger partial charge on any atom is -0.354 e. The Balaban J connectivity index is 0.00000176. The summed E-state index contributed by atoms with van der Waals surface area (Å²) >= 11 is 0. The SMILES string of the molecule is CCN=C(NC1CCCCC1)NC1CC1c1ccccc1.I. The molecular formula is C18H28IN3. The lowest BCUT2D eigenvalue weighted by Crippen LogP contribution is -2.45. The number of benzene rings is 1. The van der Waals surface area contributed by atoms with Gasteiger partial charge >= 0.3 is 0 Å². The first-order chi connectivity index (χ1) is 10.4. The van der Waals surface area contributed by atoms with Crippen LogP contribution in [0.2, 0.25) is 0 Å². The second kappa shape index (κ2) is 8.75. The standard InChI is InChI=1S/C18H27N3.HI/c1-2-19-18(20-15-11-7-4-8-12-15)21-17-13-16(17)14-9-5-3-6-10-14;/h3,5-6,9-10,15-17H,2,4,7-8,11-13H2,1H3,(H2,19,20,21);1H. The maximum atomic E-state index is 4.62. The number of hydrogen-bond acceptors (Lipinski definition) is 1. The van der Waals surface area contributed by atoms with Crippen LogP contribution in [-0.2, 0) is 0 Å². The lowest BCUT2D eigenvalue weighted by atomic mass is 9.96. The largest absolute Gasteiger partial charge is 0.354 e. The molecule has 1 aromatic carbocycles. The maximum Gasteiger partial charge on any atom is 0.191 e. The molecule has 122 valence electrons. The van der Waals surface area contributed by atoms with Crippen molar-refractivity contribution in [2.45, 2.75) is 63.5 Å². The van der Waals surface area contributed by atoms with E-state index < -0.39 is 0 Å². The second-order valence-electron chi connectivity index (χ2n) is 6.31. The summed E-state index contributed by atoms with van der Waals surface area (Å²) in [6.07, 6.45) is 7.90. The number of rotatable bonds is 4. The lowest BCUT2D eigenvalue weighted by Gasteiger charge is -2.25. The fourth-order valence-electron chi connectivity index (χ4n) is 3.33. The average Bonchev–Trinajstić information content (AvgIpc) is 3.29. The summed E-state index contributed by atoms with van der Waals surface area (Å²) in [5, 5.41) is 7.27. The van der Waals surface area contributed by atoms with Crippen molar-refractivity contribution >= 4 is 29.9 Å². The summed E-state index contributed by atoms with van der Waals surface area (Å²) in [6.45, 7) is 2.94. The van der Waals surface area contributed by atoms with Crippen molar-refractivity contribution in [3.63, 3.8) is 0 Å². The van der Waals surface area contributed by atoms with E-state index in [-0.39, 0.29) is 24.0 Å². The zero-order valence-electron chi connectivity index (χ0n) is 13.4. The van der Waals surface area contributed by atoms with Gasteiger partial charge < -0.3 is 10.6 Å². The van der Waals surface area contributed by atoms with E-state index in [2.05, 4.69) is 52.9 Å². The molecule has 0 radical (unpaired) electrons. The van der Waals surface area contributed by atoms with Gasteiger partial charge in [-0.1, -0.05) is 49.6 Å². The zero-order valence-corrected chi connectivity index (χ0v) is 15.8. The van der Waals surface area contributed by atoms with Gasteiger partial charge in [-0.2, -0.15) is 0 Å². The quantitative estimate of drug-likeness (QED) is 0.444. The molecule has 2 aliphatic carbocycles. The highest BCUT2D eigenvalue weighted by Gasteiger charge is 2.39. The Labute approximate surface area is 151 Å². The summed E-state index contributed by atoms with van der Waals surface area (Å²) in [5.41, 5.74) is 1.45. The Morgan fingerprint density at radius 1 is 1.09 bits per heavy atom. The van der Waals surface area contributed by atoms with Gasteiger partial charge in [0.25, 0.3) is 0 Å². The molecule has 2 atom stereocenters. The highest BCUT2D eigenvalue weighted by molar-refractivity contribution is 14.0. The van der Waals surface area contributed by atoms with E-state index in [1.807, 2.05) is 0 Å². The molecule has 0 heterocycles. The number of nitrogens with one attached hydrogen (secondary N) is 2. The minimum atomic E-state index is 0. The van der Waals surface area contributed by atoms with Crippen LogP contribution in [0.15, 0.2) is 35.3 Å². The van der Waals surface area contributed by atoms with Crippen molar-refractivity contribution in [3.05, 3.63) is 35.9 Å². The van der Waals surface area contributed by atoms with Gasteiger partial charge in [0.1, 0.15) is 0 Å². The van der Waals surface area contributed by atoms with Gasteiger partial charge in [0, 0.05) is 24.5 Å². The van der Waals surface area contributed by atoms with E-state index in [9.17, 15) is 0 Å². The summed E-state index contributed by atoms with van der Waals surface area (Å²) in [4.78, 5) is 4.62. The molecule has 0 spiro atoms. The second-order valence-corrected chi connectivity index (χ2v) is 6.31. The molecule has 2 unspecified atom stereocenters. The molecule has 0 amide bonds. The summed E-state index contributed by atoms with van der Waals surface area (Å²) in [6, 6.07) is 12.0. The molecule has 3 nitrogen and oxygen atoms in total. The number of guanidine groups is 1. The van der Waals surface area contributed by atoms with Gasteiger partial charge in [-0.3, -0.25) is 4.99 Å². The van der Waals surface area contributed by atoms with E-state index in [1.54, 1.807) is 0 Å². The van der Waals surface area contributed by atoms with Crippen LogP contribution in [0.25, 0.3) is 0 Å².